The lowest BCUT2D eigenvalue weighted by Gasteiger charge is -2.15. The number of hydrogen-bond acceptors (Lipinski definition) is 3. The largest absolute Gasteiger partial charge is 0.377 e. The van der Waals surface area contributed by atoms with E-state index in [0.717, 1.165) is 25.3 Å². The summed E-state index contributed by atoms with van der Waals surface area (Å²) in [5.74, 6) is 0.729. The Morgan fingerprint density at radius 3 is 3.00 bits per heavy atom. The van der Waals surface area contributed by atoms with Gasteiger partial charge in [0.05, 0.1) is 6.10 Å². The van der Waals surface area contributed by atoms with Crippen molar-refractivity contribution in [2.45, 2.75) is 31.9 Å². The molecule has 1 fully saturated rings. The third-order valence-electron chi connectivity index (χ3n) is 2.20. The molecule has 13 heavy (non-hydrogen) atoms. The number of ether oxygens (including phenoxy) is 1. The molecule has 1 heterocycles. The van der Waals surface area contributed by atoms with Crippen LogP contribution in [0, 0.1) is 0 Å². The van der Waals surface area contributed by atoms with E-state index in [-0.39, 0.29) is 0 Å². The fraction of sp³-hybridized carbons (Fsp3) is 1.00. The van der Waals surface area contributed by atoms with Crippen LogP contribution in [0.5, 0.6) is 0 Å². The summed E-state index contributed by atoms with van der Waals surface area (Å²) in [6.45, 7) is 3.87. The van der Waals surface area contributed by atoms with Gasteiger partial charge in [0.25, 0.3) is 0 Å². The van der Waals surface area contributed by atoms with Crippen LogP contribution in [0.15, 0.2) is 0 Å². The quantitative estimate of drug-likeness (QED) is 0.711. The van der Waals surface area contributed by atoms with Crippen molar-refractivity contribution < 1.29 is 8.95 Å². The molecule has 1 saturated heterocycles. The predicted octanol–water partition coefficient (Wildman–Crippen LogP) is 0.522. The minimum absolute atomic E-state index is 0.329. The van der Waals surface area contributed by atoms with Gasteiger partial charge in [-0.15, -0.1) is 0 Å². The van der Waals surface area contributed by atoms with E-state index >= 15 is 0 Å². The first-order valence-electron chi connectivity index (χ1n) is 4.83. The van der Waals surface area contributed by atoms with Crippen LogP contribution >= 0.6 is 0 Å². The molecule has 0 aromatic heterocycles. The first-order chi connectivity index (χ1) is 6.18. The molecule has 4 heteroatoms. The topological polar surface area (TPSA) is 38.3 Å². The molecule has 0 aromatic carbocycles. The first-order valence-corrected chi connectivity index (χ1v) is 6.56. The summed E-state index contributed by atoms with van der Waals surface area (Å²) in [6.07, 6.45) is 4.47. The van der Waals surface area contributed by atoms with E-state index in [9.17, 15) is 4.21 Å². The third kappa shape index (κ3) is 4.74. The van der Waals surface area contributed by atoms with E-state index in [1.165, 1.54) is 6.42 Å². The second-order valence-electron chi connectivity index (χ2n) is 3.68. The van der Waals surface area contributed by atoms with Crippen LogP contribution in [0.25, 0.3) is 0 Å². The molecule has 1 N–H and O–H groups in total. The molecule has 0 radical (unpaired) electrons. The van der Waals surface area contributed by atoms with Crippen molar-refractivity contribution in [1.29, 1.82) is 0 Å². The van der Waals surface area contributed by atoms with E-state index in [2.05, 4.69) is 12.2 Å². The van der Waals surface area contributed by atoms with Crippen molar-refractivity contribution in [3.63, 3.8) is 0 Å². The zero-order valence-corrected chi connectivity index (χ0v) is 9.23. The van der Waals surface area contributed by atoms with Crippen molar-refractivity contribution in [3.05, 3.63) is 0 Å². The summed E-state index contributed by atoms with van der Waals surface area (Å²) in [5.41, 5.74) is 0. The Kier molecular flexibility index (Phi) is 4.91. The highest BCUT2D eigenvalue weighted by molar-refractivity contribution is 7.84. The molecular weight excluding hydrogens is 186 g/mol. The summed E-state index contributed by atoms with van der Waals surface area (Å²) < 4.78 is 16.4. The molecule has 78 valence electrons. The SMILES string of the molecule is CC(CS(C)=O)NCC1CCCO1. The second-order valence-corrected chi connectivity index (χ2v) is 5.16. The van der Waals surface area contributed by atoms with Crippen molar-refractivity contribution in [2.24, 2.45) is 0 Å². The van der Waals surface area contributed by atoms with Gasteiger partial charge in [0.2, 0.25) is 0 Å². The smallest absolute Gasteiger partial charge is 0.0700 e. The van der Waals surface area contributed by atoms with E-state index in [1.807, 2.05) is 0 Å². The van der Waals surface area contributed by atoms with Crippen LogP contribution in [0.3, 0.4) is 0 Å². The molecule has 0 aliphatic carbocycles. The van der Waals surface area contributed by atoms with Crippen LogP contribution < -0.4 is 5.32 Å². The van der Waals surface area contributed by atoms with Crippen LogP contribution in [0.4, 0.5) is 0 Å². The van der Waals surface area contributed by atoms with E-state index < -0.39 is 10.8 Å². The average molecular weight is 205 g/mol. The van der Waals surface area contributed by atoms with Gasteiger partial charge in [0.15, 0.2) is 0 Å². The summed E-state index contributed by atoms with van der Waals surface area (Å²) >= 11 is 0. The fourth-order valence-electron chi connectivity index (χ4n) is 1.55. The van der Waals surface area contributed by atoms with Crippen LogP contribution in [0.1, 0.15) is 19.8 Å². The molecule has 1 aliphatic heterocycles. The molecule has 3 unspecified atom stereocenters. The second kappa shape index (κ2) is 5.73. The van der Waals surface area contributed by atoms with Crippen molar-refractivity contribution in [3.8, 4) is 0 Å². The summed E-state index contributed by atoms with van der Waals surface area (Å²) in [7, 11) is -0.702. The molecule has 1 aliphatic rings. The van der Waals surface area contributed by atoms with E-state index in [4.69, 9.17) is 4.74 Å². The molecule has 0 spiro atoms. The number of rotatable bonds is 5. The lowest BCUT2D eigenvalue weighted by atomic mass is 10.2. The van der Waals surface area contributed by atoms with Gasteiger partial charge in [-0.1, -0.05) is 0 Å². The lowest BCUT2D eigenvalue weighted by Crippen LogP contribution is -2.36. The Labute approximate surface area is 82.7 Å². The highest BCUT2D eigenvalue weighted by atomic mass is 32.2. The molecule has 1 rings (SSSR count). The van der Waals surface area contributed by atoms with Crippen molar-refractivity contribution in [2.75, 3.05) is 25.2 Å². The number of nitrogens with one attached hydrogen (secondary N) is 1. The highest BCUT2D eigenvalue weighted by Gasteiger charge is 2.15. The normalized spacial score (nSPS) is 27.4. The van der Waals surface area contributed by atoms with E-state index in [1.54, 1.807) is 6.26 Å². The van der Waals surface area contributed by atoms with Crippen LogP contribution in [0.2, 0.25) is 0 Å². The molecule has 3 atom stereocenters. The maximum Gasteiger partial charge on any atom is 0.0700 e. The Hall–Kier alpha value is 0.0700. The predicted molar refractivity (Wildman–Crippen MR) is 55.4 cm³/mol. The Morgan fingerprint density at radius 1 is 1.69 bits per heavy atom. The van der Waals surface area contributed by atoms with E-state index in [0.29, 0.717) is 12.1 Å². The van der Waals surface area contributed by atoms with Gasteiger partial charge in [0, 0.05) is 42.0 Å². The molecule has 0 saturated carbocycles. The molecule has 0 aromatic rings. The maximum atomic E-state index is 10.9. The average Bonchev–Trinajstić information content (AvgIpc) is 2.51. The minimum atomic E-state index is -0.702. The molecule has 0 bridgehead atoms. The Bertz CT molecular complexity index is 169. The standard InChI is InChI=1S/C9H19NO2S/c1-8(7-13(2)11)10-6-9-4-3-5-12-9/h8-10H,3-7H2,1-2H3. The van der Waals surface area contributed by atoms with Crippen molar-refractivity contribution >= 4 is 10.8 Å². The lowest BCUT2D eigenvalue weighted by molar-refractivity contribution is 0.108. The summed E-state index contributed by atoms with van der Waals surface area (Å²) in [4.78, 5) is 0. The molecular formula is C9H19NO2S. The van der Waals surface area contributed by atoms with Gasteiger partial charge in [-0.2, -0.15) is 0 Å². The van der Waals surface area contributed by atoms with Gasteiger partial charge >= 0.3 is 0 Å². The van der Waals surface area contributed by atoms with Crippen molar-refractivity contribution in [1.82, 2.24) is 5.32 Å². The zero-order chi connectivity index (χ0) is 9.68. The summed E-state index contributed by atoms with van der Waals surface area (Å²) in [5, 5.41) is 3.34. The maximum absolute atomic E-state index is 10.9. The van der Waals surface area contributed by atoms with Gasteiger partial charge in [-0.3, -0.25) is 4.21 Å². The summed E-state index contributed by atoms with van der Waals surface area (Å²) in [6, 6.07) is 0.329. The minimum Gasteiger partial charge on any atom is -0.377 e. The van der Waals surface area contributed by atoms with Gasteiger partial charge < -0.3 is 10.1 Å². The third-order valence-corrected chi connectivity index (χ3v) is 3.17. The van der Waals surface area contributed by atoms with Gasteiger partial charge in [0.1, 0.15) is 0 Å². The van der Waals surface area contributed by atoms with Crippen LogP contribution in [-0.2, 0) is 15.5 Å². The first kappa shape index (κ1) is 11.1. The molecule has 0 amide bonds. The Balaban J connectivity index is 2.06. The zero-order valence-electron chi connectivity index (χ0n) is 8.41. The fourth-order valence-corrected chi connectivity index (χ4v) is 2.37. The number of hydrogen-bond donors (Lipinski definition) is 1. The Morgan fingerprint density at radius 2 is 2.46 bits per heavy atom. The van der Waals surface area contributed by atoms with Crippen LogP contribution in [-0.4, -0.2) is 41.5 Å². The monoisotopic (exact) mass is 205 g/mol. The van der Waals surface area contributed by atoms with Gasteiger partial charge in [-0.05, 0) is 19.8 Å². The van der Waals surface area contributed by atoms with Gasteiger partial charge in [-0.25, -0.2) is 0 Å². The highest BCUT2D eigenvalue weighted by Crippen LogP contribution is 2.10. The molecule has 3 nitrogen and oxygen atoms in total.